The van der Waals surface area contributed by atoms with Crippen molar-refractivity contribution in [3.8, 4) is 0 Å². The minimum absolute atomic E-state index is 0.391. The number of likely N-dealkylation sites (N-methyl/N-ethyl adjacent to an activating group) is 1. The molecule has 0 aromatic heterocycles. The Labute approximate surface area is 103 Å². The van der Waals surface area contributed by atoms with Gasteiger partial charge >= 0.3 is 0 Å². The molecule has 1 rings (SSSR count). The molecule has 3 heteroatoms. The average molecular weight is 242 g/mol. The SMILES string of the molecule is CNC(CCc1ccc(C)cc1Cl)COC. The summed E-state index contributed by atoms with van der Waals surface area (Å²) in [6.07, 6.45) is 2.01. The maximum absolute atomic E-state index is 6.18. The van der Waals surface area contributed by atoms with Crippen molar-refractivity contribution in [2.24, 2.45) is 0 Å². The first-order chi connectivity index (χ1) is 7.67. The van der Waals surface area contributed by atoms with Crippen molar-refractivity contribution in [2.45, 2.75) is 25.8 Å². The van der Waals surface area contributed by atoms with Gasteiger partial charge in [0.15, 0.2) is 0 Å². The van der Waals surface area contributed by atoms with Gasteiger partial charge in [-0.2, -0.15) is 0 Å². The van der Waals surface area contributed by atoms with Crippen molar-refractivity contribution in [3.63, 3.8) is 0 Å². The van der Waals surface area contributed by atoms with Gasteiger partial charge in [0.05, 0.1) is 6.61 Å². The van der Waals surface area contributed by atoms with Gasteiger partial charge in [-0.05, 0) is 44.0 Å². The quantitative estimate of drug-likeness (QED) is 0.827. The van der Waals surface area contributed by atoms with Crippen LogP contribution in [0.2, 0.25) is 5.02 Å². The highest BCUT2D eigenvalue weighted by Crippen LogP contribution is 2.19. The lowest BCUT2D eigenvalue weighted by molar-refractivity contribution is 0.166. The van der Waals surface area contributed by atoms with Crippen molar-refractivity contribution >= 4 is 11.6 Å². The molecule has 2 nitrogen and oxygen atoms in total. The van der Waals surface area contributed by atoms with Gasteiger partial charge in [-0.3, -0.25) is 0 Å². The first kappa shape index (κ1) is 13.5. The van der Waals surface area contributed by atoms with Crippen molar-refractivity contribution in [1.82, 2.24) is 5.32 Å². The Kier molecular flexibility index (Phi) is 5.81. The van der Waals surface area contributed by atoms with Crippen molar-refractivity contribution < 1.29 is 4.74 Å². The molecule has 1 aromatic carbocycles. The fraction of sp³-hybridized carbons (Fsp3) is 0.538. The molecule has 16 heavy (non-hydrogen) atoms. The summed E-state index contributed by atoms with van der Waals surface area (Å²) in [6.45, 7) is 2.79. The fourth-order valence-electron chi connectivity index (χ4n) is 1.70. The van der Waals surface area contributed by atoms with Crippen LogP contribution in [-0.2, 0) is 11.2 Å². The zero-order valence-corrected chi connectivity index (χ0v) is 11.0. The largest absolute Gasteiger partial charge is 0.383 e. The zero-order valence-electron chi connectivity index (χ0n) is 10.2. The third-order valence-corrected chi connectivity index (χ3v) is 3.10. The summed E-state index contributed by atoms with van der Waals surface area (Å²) in [5, 5.41) is 4.10. The van der Waals surface area contributed by atoms with E-state index in [4.69, 9.17) is 16.3 Å². The van der Waals surface area contributed by atoms with Crippen molar-refractivity contribution in [3.05, 3.63) is 34.3 Å². The normalized spacial score (nSPS) is 12.8. The summed E-state index contributed by atoms with van der Waals surface area (Å²) in [4.78, 5) is 0. The number of benzene rings is 1. The van der Waals surface area contributed by atoms with Crippen LogP contribution in [0, 0.1) is 6.92 Å². The number of methoxy groups -OCH3 is 1. The molecule has 0 saturated heterocycles. The van der Waals surface area contributed by atoms with Crippen LogP contribution in [0.3, 0.4) is 0 Å². The van der Waals surface area contributed by atoms with E-state index in [9.17, 15) is 0 Å². The van der Waals surface area contributed by atoms with E-state index in [0.29, 0.717) is 6.04 Å². The van der Waals surface area contributed by atoms with Crippen molar-refractivity contribution in [2.75, 3.05) is 20.8 Å². The average Bonchev–Trinajstić information content (AvgIpc) is 2.26. The Bertz CT molecular complexity index is 328. The maximum Gasteiger partial charge on any atom is 0.0615 e. The minimum atomic E-state index is 0.391. The summed E-state index contributed by atoms with van der Waals surface area (Å²) in [6, 6.07) is 6.62. The van der Waals surface area contributed by atoms with Gasteiger partial charge < -0.3 is 10.1 Å². The number of aryl methyl sites for hydroxylation is 2. The molecule has 0 heterocycles. The molecular formula is C13H20ClNO. The van der Waals surface area contributed by atoms with Gasteiger partial charge in [-0.15, -0.1) is 0 Å². The third-order valence-electron chi connectivity index (χ3n) is 2.75. The second-order valence-corrected chi connectivity index (χ2v) is 4.48. The number of hydrogen-bond acceptors (Lipinski definition) is 2. The molecule has 1 aromatic rings. The number of ether oxygens (including phenoxy) is 1. The molecule has 90 valence electrons. The number of halogens is 1. The van der Waals surface area contributed by atoms with Crippen LogP contribution in [0.1, 0.15) is 17.5 Å². The van der Waals surface area contributed by atoms with E-state index >= 15 is 0 Å². The monoisotopic (exact) mass is 241 g/mol. The molecule has 0 bridgehead atoms. The second-order valence-electron chi connectivity index (χ2n) is 4.07. The zero-order chi connectivity index (χ0) is 12.0. The lowest BCUT2D eigenvalue weighted by Gasteiger charge is -2.15. The lowest BCUT2D eigenvalue weighted by atomic mass is 10.0. The van der Waals surface area contributed by atoms with Gasteiger partial charge in [-0.1, -0.05) is 23.7 Å². The Morgan fingerprint density at radius 3 is 2.75 bits per heavy atom. The van der Waals surface area contributed by atoms with Gasteiger partial charge in [0.2, 0.25) is 0 Å². The Balaban J connectivity index is 2.53. The van der Waals surface area contributed by atoms with Crippen LogP contribution in [0.25, 0.3) is 0 Å². The summed E-state index contributed by atoms with van der Waals surface area (Å²) < 4.78 is 5.14. The van der Waals surface area contributed by atoms with Gasteiger partial charge in [-0.25, -0.2) is 0 Å². The summed E-state index contributed by atoms with van der Waals surface area (Å²) in [5.74, 6) is 0. The standard InChI is InChI=1S/C13H20ClNO/c1-10-4-5-11(13(14)8-10)6-7-12(15-2)9-16-3/h4-5,8,12,15H,6-7,9H2,1-3H3. The molecule has 0 aliphatic heterocycles. The Morgan fingerprint density at radius 1 is 1.44 bits per heavy atom. The van der Waals surface area contributed by atoms with Gasteiger partial charge in [0.1, 0.15) is 0 Å². The Hall–Kier alpha value is -0.570. The van der Waals surface area contributed by atoms with Crippen LogP contribution in [-0.4, -0.2) is 26.8 Å². The molecule has 0 radical (unpaired) electrons. The summed E-state index contributed by atoms with van der Waals surface area (Å²) in [7, 11) is 3.68. The van der Waals surface area contributed by atoms with Crippen LogP contribution in [0.5, 0.6) is 0 Å². The molecule has 0 aliphatic rings. The molecule has 0 aliphatic carbocycles. The van der Waals surface area contributed by atoms with Crippen molar-refractivity contribution in [1.29, 1.82) is 0 Å². The van der Waals surface area contributed by atoms with E-state index in [1.165, 1.54) is 11.1 Å². The molecule has 0 spiro atoms. The number of rotatable bonds is 6. The summed E-state index contributed by atoms with van der Waals surface area (Å²) in [5.41, 5.74) is 2.42. The molecule has 0 fully saturated rings. The topological polar surface area (TPSA) is 21.3 Å². The van der Waals surface area contributed by atoms with E-state index in [-0.39, 0.29) is 0 Å². The van der Waals surface area contributed by atoms with Crippen LogP contribution < -0.4 is 5.32 Å². The number of nitrogens with one attached hydrogen (secondary N) is 1. The van der Waals surface area contributed by atoms with Gasteiger partial charge in [0, 0.05) is 18.2 Å². The number of hydrogen-bond donors (Lipinski definition) is 1. The van der Waals surface area contributed by atoms with E-state index in [2.05, 4.69) is 24.4 Å². The summed E-state index contributed by atoms with van der Waals surface area (Å²) >= 11 is 6.18. The minimum Gasteiger partial charge on any atom is -0.383 e. The predicted molar refractivity (Wildman–Crippen MR) is 69.2 cm³/mol. The molecular weight excluding hydrogens is 222 g/mol. The predicted octanol–water partition coefficient (Wildman–Crippen LogP) is 2.82. The highest BCUT2D eigenvalue weighted by molar-refractivity contribution is 6.31. The molecule has 1 N–H and O–H groups in total. The first-order valence-electron chi connectivity index (χ1n) is 5.58. The highest BCUT2D eigenvalue weighted by atomic mass is 35.5. The first-order valence-corrected chi connectivity index (χ1v) is 5.96. The second kappa shape index (κ2) is 6.89. The fourth-order valence-corrected chi connectivity index (χ4v) is 2.03. The molecule has 1 unspecified atom stereocenters. The van der Waals surface area contributed by atoms with E-state index < -0.39 is 0 Å². The molecule has 1 atom stereocenters. The third kappa shape index (κ3) is 4.12. The maximum atomic E-state index is 6.18. The van der Waals surface area contributed by atoms with E-state index in [0.717, 1.165) is 24.5 Å². The molecule has 0 saturated carbocycles. The van der Waals surface area contributed by atoms with Gasteiger partial charge in [0.25, 0.3) is 0 Å². The molecule has 0 amide bonds. The van der Waals surface area contributed by atoms with Crippen LogP contribution in [0.15, 0.2) is 18.2 Å². The van der Waals surface area contributed by atoms with E-state index in [1.807, 2.05) is 13.1 Å². The highest BCUT2D eigenvalue weighted by Gasteiger charge is 2.07. The smallest absolute Gasteiger partial charge is 0.0615 e. The Morgan fingerprint density at radius 2 is 2.19 bits per heavy atom. The lowest BCUT2D eigenvalue weighted by Crippen LogP contribution is -2.30. The van der Waals surface area contributed by atoms with E-state index in [1.54, 1.807) is 7.11 Å². The van der Waals surface area contributed by atoms with Crippen LogP contribution in [0.4, 0.5) is 0 Å². The van der Waals surface area contributed by atoms with Crippen LogP contribution >= 0.6 is 11.6 Å².